The first-order valence-corrected chi connectivity index (χ1v) is 7.39. The zero-order valence-electron chi connectivity index (χ0n) is 11.0. The van der Waals surface area contributed by atoms with Gasteiger partial charge in [0.1, 0.15) is 5.01 Å². The van der Waals surface area contributed by atoms with E-state index in [-0.39, 0.29) is 0 Å². The molecule has 2 heterocycles. The molecule has 0 radical (unpaired) electrons. The second-order valence-electron chi connectivity index (χ2n) is 4.45. The smallest absolute Gasteiger partial charge is 0.107 e. The molecule has 1 aromatic carbocycles. The van der Waals surface area contributed by atoms with Crippen LogP contribution in [0.3, 0.4) is 0 Å². The van der Waals surface area contributed by atoms with E-state index < -0.39 is 0 Å². The van der Waals surface area contributed by atoms with Crippen LogP contribution >= 0.6 is 11.3 Å². The highest BCUT2D eigenvalue weighted by atomic mass is 32.1. The van der Waals surface area contributed by atoms with Crippen LogP contribution in [-0.2, 0) is 13.1 Å². The fraction of sp³-hybridized carbons (Fsp3) is 0.125. The summed E-state index contributed by atoms with van der Waals surface area (Å²) < 4.78 is 0. The summed E-state index contributed by atoms with van der Waals surface area (Å²) in [5.74, 6) is 0. The van der Waals surface area contributed by atoms with Crippen molar-refractivity contribution in [3.8, 4) is 11.3 Å². The van der Waals surface area contributed by atoms with Gasteiger partial charge in [-0.05, 0) is 17.7 Å². The second kappa shape index (κ2) is 6.41. The summed E-state index contributed by atoms with van der Waals surface area (Å²) in [7, 11) is 0. The first-order valence-electron chi connectivity index (χ1n) is 6.51. The molecule has 0 fully saturated rings. The van der Waals surface area contributed by atoms with E-state index in [9.17, 15) is 0 Å². The average molecular weight is 281 g/mol. The van der Waals surface area contributed by atoms with E-state index in [1.807, 2.05) is 42.7 Å². The summed E-state index contributed by atoms with van der Waals surface area (Å²) in [5.41, 5.74) is 3.46. The topological polar surface area (TPSA) is 37.8 Å². The van der Waals surface area contributed by atoms with Gasteiger partial charge in [-0.3, -0.25) is 4.98 Å². The summed E-state index contributed by atoms with van der Waals surface area (Å²) >= 11 is 1.69. The molecule has 3 nitrogen and oxygen atoms in total. The molecular weight excluding hydrogens is 266 g/mol. The van der Waals surface area contributed by atoms with Crippen LogP contribution < -0.4 is 5.32 Å². The van der Waals surface area contributed by atoms with Crippen molar-refractivity contribution in [2.24, 2.45) is 0 Å². The summed E-state index contributed by atoms with van der Waals surface area (Å²) in [5, 5.41) is 6.62. The largest absolute Gasteiger partial charge is 0.306 e. The molecule has 3 rings (SSSR count). The number of hydrogen-bond donors (Lipinski definition) is 1. The fourth-order valence-corrected chi connectivity index (χ4v) is 2.72. The number of rotatable bonds is 5. The van der Waals surface area contributed by atoms with Gasteiger partial charge >= 0.3 is 0 Å². The zero-order chi connectivity index (χ0) is 13.6. The molecular formula is C16H15N3S. The summed E-state index contributed by atoms with van der Waals surface area (Å²) in [6.45, 7) is 1.63. The fourth-order valence-electron chi connectivity index (χ4n) is 1.95. The Kier molecular flexibility index (Phi) is 4.16. The minimum Gasteiger partial charge on any atom is -0.306 e. The van der Waals surface area contributed by atoms with Gasteiger partial charge in [-0.2, -0.15) is 0 Å². The van der Waals surface area contributed by atoms with Crippen molar-refractivity contribution < 1.29 is 0 Å². The van der Waals surface area contributed by atoms with Crippen molar-refractivity contribution in [2.75, 3.05) is 0 Å². The van der Waals surface area contributed by atoms with Gasteiger partial charge in [-0.15, -0.1) is 11.3 Å². The molecule has 4 heteroatoms. The van der Waals surface area contributed by atoms with E-state index in [1.54, 1.807) is 11.3 Å². The Morgan fingerprint density at radius 3 is 2.55 bits per heavy atom. The maximum absolute atomic E-state index is 4.66. The third kappa shape index (κ3) is 3.29. The van der Waals surface area contributed by atoms with E-state index in [0.29, 0.717) is 0 Å². The Hall–Kier alpha value is -2.04. The van der Waals surface area contributed by atoms with Crippen molar-refractivity contribution in [1.29, 1.82) is 0 Å². The first kappa shape index (κ1) is 13.0. The predicted molar refractivity (Wildman–Crippen MR) is 82.3 cm³/mol. The molecule has 100 valence electrons. The molecule has 0 saturated heterocycles. The third-order valence-corrected chi connectivity index (χ3v) is 3.82. The highest BCUT2D eigenvalue weighted by molar-refractivity contribution is 7.09. The van der Waals surface area contributed by atoms with Gasteiger partial charge in [0.25, 0.3) is 0 Å². The van der Waals surface area contributed by atoms with Gasteiger partial charge in [-0.25, -0.2) is 4.98 Å². The normalized spacial score (nSPS) is 10.6. The molecule has 3 aromatic rings. The van der Waals surface area contributed by atoms with Crippen LogP contribution in [0.25, 0.3) is 11.3 Å². The van der Waals surface area contributed by atoms with Crippen molar-refractivity contribution in [1.82, 2.24) is 15.3 Å². The lowest BCUT2D eigenvalue weighted by atomic mass is 10.2. The van der Waals surface area contributed by atoms with Crippen molar-refractivity contribution >= 4 is 11.3 Å². The molecule has 20 heavy (non-hydrogen) atoms. The molecule has 0 aliphatic heterocycles. The van der Waals surface area contributed by atoms with Crippen LogP contribution in [0.2, 0.25) is 0 Å². The van der Waals surface area contributed by atoms with Gasteiger partial charge < -0.3 is 5.32 Å². The van der Waals surface area contributed by atoms with Gasteiger partial charge in [-0.1, -0.05) is 30.3 Å². The third-order valence-electron chi connectivity index (χ3n) is 2.98. The Balaban J connectivity index is 1.58. The van der Waals surface area contributed by atoms with Crippen LogP contribution in [0.1, 0.15) is 10.6 Å². The number of pyridine rings is 1. The summed E-state index contributed by atoms with van der Waals surface area (Å²) in [6, 6.07) is 14.3. The Bertz CT molecular complexity index is 650. The number of nitrogens with one attached hydrogen (secondary N) is 1. The first-order chi connectivity index (χ1) is 9.92. The van der Waals surface area contributed by atoms with Crippen LogP contribution in [0.15, 0.2) is 60.2 Å². The molecule has 2 aromatic heterocycles. The minimum absolute atomic E-state index is 0.791. The molecule has 0 atom stereocenters. The monoisotopic (exact) mass is 281 g/mol. The van der Waals surface area contributed by atoms with Crippen molar-refractivity contribution in [3.05, 3.63) is 70.8 Å². The SMILES string of the molecule is c1ccc(-c2csc(CNCc3ccncc3)n2)cc1. The van der Waals surface area contributed by atoms with Crippen molar-refractivity contribution in [2.45, 2.75) is 13.1 Å². The van der Waals surface area contributed by atoms with E-state index in [1.165, 1.54) is 11.1 Å². The maximum Gasteiger partial charge on any atom is 0.107 e. The van der Waals surface area contributed by atoms with Gasteiger partial charge in [0.2, 0.25) is 0 Å². The van der Waals surface area contributed by atoms with Crippen molar-refractivity contribution in [3.63, 3.8) is 0 Å². The van der Waals surface area contributed by atoms with Crippen LogP contribution in [0.5, 0.6) is 0 Å². The van der Waals surface area contributed by atoms with E-state index in [0.717, 1.165) is 23.8 Å². The molecule has 0 aliphatic rings. The highest BCUT2D eigenvalue weighted by Gasteiger charge is 2.03. The quantitative estimate of drug-likeness (QED) is 0.778. The number of thiazole rings is 1. The number of nitrogens with zero attached hydrogens (tertiary/aromatic N) is 2. The van der Waals surface area contributed by atoms with Gasteiger partial charge in [0.15, 0.2) is 0 Å². The molecule has 0 amide bonds. The standard InChI is InChI=1S/C16H15N3S/c1-2-4-14(5-3-1)15-12-20-16(19-15)11-18-10-13-6-8-17-9-7-13/h1-9,12,18H,10-11H2. The zero-order valence-corrected chi connectivity index (χ0v) is 11.8. The lowest BCUT2D eigenvalue weighted by Gasteiger charge is -2.02. The van der Waals surface area contributed by atoms with Gasteiger partial charge in [0, 0.05) is 36.4 Å². The Labute approximate surface area is 122 Å². The van der Waals surface area contributed by atoms with Gasteiger partial charge in [0.05, 0.1) is 5.69 Å². The highest BCUT2D eigenvalue weighted by Crippen LogP contribution is 2.21. The Morgan fingerprint density at radius 2 is 1.75 bits per heavy atom. The molecule has 0 aliphatic carbocycles. The van der Waals surface area contributed by atoms with E-state index in [4.69, 9.17) is 0 Å². The molecule has 0 spiro atoms. The minimum atomic E-state index is 0.791. The molecule has 1 N–H and O–H groups in total. The lowest BCUT2D eigenvalue weighted by Crippen LogP contribution is -2.12. The predicted octanol–water partition coefficient (Wildman–Crippen LogP) is 3.49. The number of hydrogen-bond acceptors (Lipinski definition) is 4. The maximum atomic E-state index is 4.66. The molecule has 0 bridgehead atoms. The van der Waals surface area contributed by atoms with Crippen LogP contribution in [0.4, 0.5) is 0 Å². The molecule has 0 saturated carbocycles. The average Bonchev–Trinajstić information content (AvgIpc) is 2.98. The van der Waals surface area contributed by atoms with Crippen LogP contribution in [-0.4, -0.2) is 9.97 Å². The van der Waals surface area contributed by atoms with E-state index >= 15 is 0 Å². The number of aromatic nitrogens is 2. The number of benzene rings is 1. The summed E-state index contributed by atoms with van der Waals surface area (Å²) in [4.78, 5) is 8.67. The Morgan fingerprint density at radius 1 is 0.950 bits per heavy atom. The second-order valence-corrected chi connectivity index (χ2v) is 5.39. The summed E-state index contributed by atoms with van der Waals surface area (Å²) in [6.07, 6.45) is 3.63. The molecule has 0 unspecified atom stereocenters. The lowest BCUT2D eigenvalue weighted by molar-refractivity contribution is 0.689. The van der Waals surface area contributed by atoms with E-state index in [2.05, 4.69) is 32.8 Å². The van der Waals surface area contributed by atoms with Crippen LogP contribution in [0, 0.1) is 0 Å².